The highest BCUT2D eigenvalue weighted by Crippen LogP contribution is 2.11. The van der Waals surface area contributed by atoms with E-state index in [9.17, 15) is 13.2 Å². The molecule has 0 N–H and O–H groups in total. The van der Waals surface area contributed by atoms with Gasteiger partial charge in [-0.2, -0.15) is 13.2 Å². The van der Waals surface area contributed by atoms with E-state index in [2.05, 4.69) is 15.9 Å². The standard InChI is InChI=1S/C3BrF3.Mg.2H/c4-2-1-3(5,6)7;;;. The lowest BCUT2D eigenvalue weighted by molar-refractivity contribution is -0.0695. The molecule has 0 atom stereocenters. The second-order valence-corrected chi connectivity index (χ2v) is 1.11. The number of alkyl halides is 3. The molecule has 0 aromatic rings. The topological polar surface area (TPSA) is 0 Å². The molecule has 0 aromatic heterocycles. The van der Waals surface area contributed by atoms with Crippen LogP contribution < -0.4 is 0 Å². The highest BCUT2D eigenvalue weighted by molar-refractivity contribution is 9.12. The van der Waals surface area contributed by atoms with Crippen molar-refractivity contribution < 1.29 is 13.2 Å². The highest BCUT2D eigenvalue weighted by Gasteiger charge is 2.22. The van der Waals surface area contributed by atoms with Crippen molar-refractivity contribution in [2.24, 2.45) is 0 Å². The second kappa shape index (κ2) is 4.47. The molecular weight excluding hydrogens is 197 g/mol. The second-order valence-electron chi connectivity index (χ2n) is 0.717. The molecule has 0 fully saturated rings. The Balaban J connectivity index is 0. The fraction of sp³-hybridized carbons (Fsp3) is 0.333. The van der Waals surface area contributed by atoms with Gasteiger partial charge in [0.15, 0.2) is 0 Å². The average molecular weight is 199 g/mol. The summed E-state index contributed by atoms with van der Waals surface area (Å²) in [5.41, 5.74) is 0. The zero-order chi connectivity index (χ0) is 5.91. The summed E-state index contributed by atoms with van der Waals surface area (Å²) in [7, 11) is 0. The Morgan fingerprint density at radius 2 is 1.62 bits per heavy atom. The van der Waals surface area contributed by atoms with Crippen LogP contribution in [0, 0.1) is 10.8 Å². The lowest BCUT2D eigenvalue weighted by Crippen LogP contribution is -2.00. The van der Waals surface area contributed by atoms with E-state index < -0.39 is 6.18 Å². The lowest BCUT2D eigenvalue weighted by Gasteiger charge is -1.88. The maximum Gasteiger partial charge on any atom is 0.458 e. The lowest BCUT2D eigenvalue weighted by atomic mass is 10.7. The average Bonchev–Trinajstić information content (AvgIpc) is 1.30. The molecule has 0 spiro atoms. The highest BCUT2D eigenvalue weighted by atomic mass is 79.9. The van der Waals surface area contributed by atoms with Crippen LogP contribution >= 0.6 is 15.9 Å². The van der Waals surface area contributed by atoms with Gasteiger partial charge in [0, 0.05) is 21.9 Å². The molecule has 0 aromatic carbocycles. The molecule has 0 nitrogen and oxygen atoms in total. The van der Waals surface area contributed by atoms with Gasteiger partial charge in [-0.3, -0.25) is 0 Å². The smallest absolute Gasteiger partial charge is 0.159 e. The maximum atomic E-state index is 10.9. The van der Waals surface area contributed by atoms with Crippen molar-refractivity contribution >= 4 is 39.0 Å². The molecule has 0 aliphatic heterocycles. The van der Waals surface area contributed by atoms with E-state index in [-0.39, 0.29) is 23.1 Å². The molecule has 0 bridgehead atoms. The molecule has 5 heteroatoms. The summed E-state index contributed by atoms with van der Waals surface area (Å²) in [6.45, 7) is 0. The molecule has 0 radical (unpaired) electrons. The summed E-state index contributed by atoms with van der Waals surface area (Å²) >= 11 is 2.30. The van der Waals surface area contributed by atoms with E-state index >= 15 is 0 Å². The van der Waals surface area contributed by atoms with Gasteiger partial charge in [0.05, 0.1) is 0 Å². The van der Waals surface area contributed by atoms with Crippen LogP contribution in [-0.4, -0.2) is 29.2 Å². The normalized spacial score (nSPS) is 8.50. The van der Waals surface area contributed by atoms with E-state index in [0.29, 0.717) is 0 Å². The van der Waals surface area contributed by atoms with E-state index in [1.165, 1.54) is 0 Å². The third-order valence-corrected chi connectivity index (χ3v) is 0.387. The van der Waals surface area contributed by atoms with E-state index in [1.807, 2.05) is 0 Å². The molecule has 8 heavy (non-hydrogen) atoms. The van der Waals surface area contributed by atoms with Crippen LogP contribution in [-0.2, 0) is 0 Å². The molecular formula is C3H2BrF3Mg. The minimum atomic E-state index is -4.36. The Morgan fingerprint density at radius 1 is 1.25 bits per heavy atom. The first-order valence-corrected chi connectivity index (χ1v) is 2.05. The molecule has 0 heterocycles. The van der Waals surface area contributed by atoms with Crippen LogP contribution in [0.1, 0.15) is 0 Å². The molecule has 0 saturated carbocycles. The van der Waals surface area contributed by atoms with Crippen molar-refractivity contribution in [3.63, 3.8) is 0 Å². The Kier molecular flexibility index (Phi) is 6.37. The van der Waals surface area contributed by atoms with Gasteiger partial charge < -0.3 is 0 Å². The largest absolute Gasteiger partial charge is 0.458 e. The first-order chi connectivity index (χ1) is 3.06. The third-order valence-electron chi connectivity index (χ3n) is 0.189. The van der Waals surface area contributed by atoms with Crippen LogP contribution in [0.2, 0.25) is 0 Å². The fourth-order valence-electron chi connectivity index (χ4n) is 0.0536. The molecule has 0 amide bonds. The SMILES string of the molecule is FC(F)(F)C#CBr.[MgH2]. The predicted octanol–water partition coefficient (Wildman–Crippen LogP) is 0.988. The summed E-state index contributed by atoms with van der Waals surface area (Å²) in [6, 6.07) is 0. The Hall–Kier alpha value is 0.596. The monoisotopic (exact) mass is 198 g/mol. The Bertz CT molecular complexity index is 108. The number of halogens is 4. The predicted molar refractivity (Wildman–Crippen MR) is 31.3 cm³/mol. The summed E-state index contributed by atoms with van der Waals surface area (Å²) in [6.07, 6.45) is -4.36. The van der Waals surface area contributed by atoms with Crippen molar-refractivity contribution in [3.8, 4) is 10.8 Å². The number of hydrogen-bond acceptors (Lipinski definition) is 0. The zero-order valence-corrected chi connectivity index (χ0v) is 4.60. The van der Waals surface area contributed by atoms with E-state index in [4.69, 9.17) is 0 Å². The van der Waals surface area contributed by atoms with Crippen molar-refractivity contribution in [2.45, 2.75) is 6.18 Å². The minimum Gasteiger partial charge on any atom is -0.159 e. The van der Waals surface area contributed by atoms with Crippen LogP contribution in [0.5, 0.6) is 0 Å². The molecule has 44 valence electrons. The van der Waals surface area contributed by atoms with Gasteiger partial charge in [-0.25, -0.2) is 0 Å². The first kappa shape index (κ1) is 11.4. The summed E-state index contributed by atoms with van der Waals surface area (Å²) < 4.78 is 32.6. The van der Waals surface area contributed by atoms with Gasteiger partial charge in [-0.15, -0.1) is 0 Å². The van der Waals surface area contributed by atoms with Gasteiger partial charge in [0.1, 0.15) is 0 Å². The molecule has 0 saturated heterocycles. The molecule has 0 rings (SSSR count). The van der Waals surface area contributed by atoms with Crippen molar-refractivity contribution in [1.29, 1.82) is 0 Å². The van der Waals surface area contributed by atoms with Gasteiger partial charge >= 0.3 is 29.2 Å². The Morgan fingerprint density at radius 3 is 1.62 bits per heavy atom. The van der Waals surface area contributed by atoms with Crippen molar-refractivity contribution in [3.05, 3.63) is 0 Å². The fourth-order valence-corrected chi connectivity index (χ4v) is 0.278. The third kappa shape index (κ3) is 9.78. The number of hydrogen-bond donors (Lipinski definition) is 0. The van der Waals surface area contributed by atoms with Crippen molar-refractivity contribution in [1.82, 2.24) is 0 Å². The molecule has 0 aliphatic rings. The van der Waals surface area contributed by atoms with Crippen LogP contribution in [0.15, 0.2) is 0 Å². The van der Waals surface area contributed by atoms with Crippen LogP contribution in [0.3, 0.4) is 0 Å². The Labute approximate surface area is 69.1 Å². The number of rotatable bonds is 0. The summed E-state index contributed by atoms with van der Waals surface area (Å²) in [5.74, 6) is 0.951. The van der Waals surface area contributed by atoms with Crippen LogP contribution in [0.4, 0.5) is 13.2 Å². The van der Waals surface area contributed by atoms with E-state index in [0.717, 1.165) is 5.92 Å². The minimum absolute atomic E-state index is 0. The summed E-state index contributed by atoms with van der Waals surface area (Å²) in [4.78, 5) is 1.55. The zero-order valence-electron chi connectivity index (χ0n) is 3.01. The summed E-state index contributed by atoms with van der Waals surface area (Å²) in [5, 5.41) is 0. The first-order valence-electron chi connectivity index (χ1n) is 1.26. The van der Waals surface area contributed by atoms with Gasteiger partial charge in [0.25, 0.3) is 0 Å². The van der Waals surface area contributed by atoms with Crippen molar-refractivity contribution in [2.75, 3.05) is 0 Å². The molecule has 0 aliphatic carbocycles. The maximum absolute atomic E-state index is 10.9. The van der Waals surface area contributed by atoms with Gasteiger partial charge in [0.2, 0.25) is 0 Å². The van der Waals surface area contributed by atoms with Crippen LogP contribution in [0.25, 0.3) is 0 Å². The van der Waals surface area contributed by atoms with Gasteiger partial charge in [-0.05, 0) is 4.83 Å². The van der Waals surface area contributed by atoms with Gasteiger partial charge in [-0.1, -0.05) is 0 Å². The molecule has 0 unspecified atom stereocenters. The quantitative estimate of drug-likeness (QED) is 0.403. The van der Waals surface area contributed by atoms with E-state index in [1.54, 1.807) is 4.83 Å².